The molecule has 142 valence electrons. The maximum atomic E-state index is 12.9. The van der Waals surface area contributed by atoms with Crippen LogP contribution in [-0.4, -0.2) is 18.9 Å². The molecule has 0 aliphatic carbocycles. The first-order valence-corrected chi connectivity index (χ1v) is 9.52. The number of hydrogen-bond acceptors (Lipinski definition) is 4. The Morgan fingerprint density at radius 2 is 1.86 bits per heavy atom. The number of amides is 2. The smallest absolute Gasteiger partial charge is 0.272 e. The lowest BCUT2D eigenvalue weighted by atomic mass is 10.1. The molecule has 2 amide bonds. The van der Waals surface area contributed by atoms with E-state index in [2.05, 4.69) is 10.6 Å². The monoisotopic (exact) mass is 392 g/mol. The number of nitrogens with one attached hydrogen (secondary N) is 2. The first-order valence-electron chi connectivity index (χ1n) is 8.64. The number of benzene rings is 2. The van der Waals surface area contributed by atoms with Gasteiger partial charge < -0.3 is 15.4 Å². The number of carbonyl (C=O) groups excluding carboxylic acids is 2. The predicted molar refractivity (Wildman–Crippen MR) is 113 cm³/mol. The highest BCUT2D eigenvalue weighted by molar-refractivity contribution is 7.10. The Kier molecular flexibility index (Phi) is 6.24. The summed E-state index contributed by atoms with van der Waals surface area (Å²) in [7, 11) is 1.53. The number of hydrogen-bond donors (Lipinski definition) is 2. The fourth-order valence-electron chi connectivity index (χ4n) is 2.59. The lowest BCUT2D eigenvalue weighted by Crippen LogP contribution is -2.30. The van der Waals surface area contributed by atoms with Gasteiger partial charge in [0.05, 0.1) is 12.8 Å². The molecule has 6 heteroatoms. The normalized spacial score (nSPS) is 11.0. The lowest BCUT2D eigenvalue weighted by molar-refractivity contribution is -0.113. The molecule has 0 spiro atoms. The Morgan fingerprint density at radius 1 is 1.04 bits per heavy atom. The highest BCUT2D eigenvalue weighted by Crippen LogP contribution is 2.24. The predicted octanol–water partition coefficient (Wildman–Crippen LogP) is 4.47. The van der Waals surface area contributed by atoms with Crippen LogP contribution in [0.5, 0.6) is 5.75 Å². The van der Waals surface area contributed by atoms with Gasteiger partial charge >= 0.3 is 0 Å². The molecule has 2 N–H and O–H groups in total. The zero-order valence-electron chi connectivity index (χ0n) is 15.6. The second-order valence-electron chi connectivity index (χ2n) is 6.05. The molecule has 0 atom stereocenters. The van der Waals surface area contributed by atoms with Crippen molar-refractivity contribution in [2.45, 2.75) is 6.92 Å². The Labute approximate surface area is 167 Å². The quantitative estimate of drug-likeness (QED) is 0.608. The fraction of sp³-hybridized carbons (Fsp3) is 0.0909. The van der Waals surface area contributed by atoms with Crippen molar-refractivity contribution in [3.63, 3.8) is 0 Å². The van der Waals surface area contributed by atoms with Crippen molar-refractivity contribution >= 4 is 34.9 Å². The molecule has 5 nitrogen and oxygen atoms in total. The maximum absolute atomic E-state index is 12.9. The highest BCUT2D eigenvalue weighted by Gasteiger charge is 2.16. The van der Waals surface area contributed by atoms with Crippen LogP contribution in [-0.2, 0) is 4.79 Å². The molecule has 0 radical (unpaired) electrons. The summed E-state index contributed by atoms with van der Waals surface area (Å²) in [5.41, 5.74) is 2.13. The topological polar surface area (TPSA) is 67.4 Å². The first-order chi connectivity index (χ1) is 13.6. The summed E-state index contributed by atoms with van der Waals surface area (Å²) < 4.78 is 5.28. The van der Waals surface area contributed by atoms with E-state index in [9.17, 15) is 9.59 Å². The maximum Gasteiger partial charge on any atom is 0.272 e. The molecular weight excluding hydrogens is 372 g/mol. The average molecular weight is 392 g/mol. The van der Waals surface area contributed by atoms with Crippen LogP contribution in [0.2, 0.25) is 0 Å². The number of carbonyl (C=O) groups is 2. The summed E-state index contributed by atoms with van der Waals surface area (Å²) in [5.74, 6) is -0.239. The largest absolute Gasteiger partial charge is 0.495 e. The summed E-state index contributed by atoms with van der Waals surface area (Å²) in [5, 5.41) is 7.44. The Hall–Kier alpha value is -3.38. The van der Waals surface area contributed by atoms with E-state index in [0.717, 1.165) is 10.4 Å². The Bertz CT molecular complexity index is 1010. The third-order valence-corrected chi connectivity index (χ3v) is 4.78. The number of anilines is 1. The van der Waals surface area contributed by atoms with Crippen LogP contribution < -0.4 is 15.4 Å². The van der Waals surface area contributed by atoms with Gasteiger partial charge in [-0.3, -0.25) is 9.59 Å². The highest BCUT2D eigenvalue weighted by atomic mass is 32.1. The number of rotatable bonds is 6. The van der Waals surface area contributed by atoms with Gasteiger partial charge in [-0.1, -0.05) is 35.9 Å². The van der Waals surface area contributed by atoms with E-state index in [1.54, 1.807) is 36.4 Å². The third-order valence-electron chi connectivity index (χ3n) is 3.96. The molecular formula is C22H20N2O3S. The molecule has 0 aliphatic rings. The van der Waals surface area contributed by atoms with Gasteiger partial charge in [0.1, 0.15) is 11.4 Å². The Balaban J connectivity index is 1.87. The summed E-state index contributed by atoms with van der Waals surface area (Å²) in [6.45, 7) is 1.91. The molecule has 0 saturated carbocycles. The molecule has 0 bridgehead atoms. The number of thiophene rings is 1. The van der Waals surface area contributed by atoms with E-state index in [0.29, 0.717) is 17.0 Å². The van der Waals surface area contributed by atoms with E-state index in [1.807, 2.05) is 42.6 Å². The van der Waals surface area contributed by atoms with E-state index in [4.69, 9.17) is 4.74 Å². The zero-order chi connectivity index (χ0) is 19.9. The van der Waals surface area contributed by atoms with Crippen molar-refractivity contribution in [3.05, 3.63) is 87.7 Å². The van der Waals surface area contributed by atoms with Crippen LogP contribution in [0.1, 0.15) is 20.8 Å². The van der Waals surface area contributed by atoms with Gasteiger partial charge in [-0.2, -0.15) is 0 Å². The Morgan fingerprint density at radius 3 is 2.57 bits per heavy atom. The van der Waals surface area contributed by atoms with E-state index in [-0.39, 0.29) is 11.6 Å². The minimum atomic E-state index is -0.432. The molecule has 3 rings (SSSR count). The zero-order valence-corrected chi connectivity index (χ0v) is 16.4. The van der Waals surface area contributed by atoms with Gasteiger partial charge in [0.2, 0.25) is 0 Å². The van der Waals surface area contributed by atoms with Crippen molar-refractivity contribution < 1.29 is 14.3 Å². The number of methoxy groups -OCH3 is 1. The van der Waals surface area contributed by atoms with E-state index in [1.165, 1.54) is 18.4 Å². The van der Waals surface area contributed by atoms with E-state index >= 15 is 0 Å². The minimum absolute atomic E-state index is 0.153. The summed E-state index contributed by atoms with van der Waals surface area (Å²) >= 11 is 1.48. The number of aryl methyl sites for hydroxylation is 1. The first kappa shape index (κ1) is 19.4. The van der Waals surface area contributed by atoms with Crippen LogP contribution in [0.15, 0.2) is 71.7 Å². The molecule has 0 aliphatic heterocycles. The number of ether oxygens (including phenoxy) is 1. The second-order valence-corrected chi connectivity index (χ2v) is 7.03. The van der Waals surface area contributed by atoms with E-state index < -0.39 is 5.91 Å². The fourth-order valence-corrected chi connectivity index (χ4v) is 3.25. The average Bonchev–Trinajstić information content (AvgIpc) is 3.21. The number of para-hydroxylation sites is 2. The van der Waals surface area contributed by atoms with Crippen molar-refractivity contribution in [1.82, 2.24) is 5.32 Å². The molecule has 1 aromatic heterocycles. The summed E-state index contributed by atoms with van der Waals surface area (Å²) in [4.78, 5) is 26.4. The molecule has 1 heterocycles. The van der Waals surface area contributed by atoms with Crippen LogP contribution in [0.3, 0.4) is 0 Å². The second kappa shape index (κ2) is 9.01. The van der Waals surface area contributed by atoms with Gasteiger partial charge in [-0.15, -0.1) is 11.3 Å². The van der Waals surface area contributed by atoms with Crippen molar-refractivity contribution in [3.8, 4) is 5.75 Å². The molecule has 0 fully saturated rings. The van der Waals surface area contributed by atoms with Gasteiger partial charge in [-0.05, 0) is 48.7 Å². The van der Waals surface area contributed by atoms with Gasteiger partial charge in [0.25, 0.3) is 11.8 Å². The molecule has 28 heavy (non-hydrogen) atoms. The van der Waals surface area contributed by atoms with Gasteiger partial charge in [0.15, 0.2) is 0 Å². The van der Waals surface area contributed by atoms with Crippen LogP contribution in [0.4, 0.5) is 5.69 Å². The van der Waals surface area contributed by atoms with Crippen LogP contribution in [0, 0.1) is 6.92 Å². The minimum Gasteiger partial charge on any atom is -0.495 e. The third kappa shape index (κ3) is 4.86. The van der Waals surface area contributed by atoms with Crippen molar-refractivity contribution in [2.24, 2.45) is 0 Å². The molecule has 0 unspecified atom stereocenters. The van der Waals surface area contributed by atoms with Crippen LogP contribution >= 0.6 is 11.3 Å². The molecule has 3 aromatic rings. The van der Waals surface area contributed by atoms with Crippen LogP contribution in [0.25, 0.3) is 6.08 Å². The van der Waals surface area contributed by atoms with Gasteiger partial charge in [0, 0.05) is 10.4 Å². The summed E-state index contributed by atoms with van der Waals surface area (Å²) in [6, 6.07) is 18.1. The molecule has 0 saturated heterocycles. The lowest BCUT2D eigenvalue weighted by Gasteiger charge is -2.13. The van der Waals surface area contributed by atoms with Crippen molar-refractivity contribution in [1.29, 1.82) is 0 Å². The SMILES string of the molecule is COc1ccccc1NC(=O)/C(=C/c1cccs1)NC(=O)c1cccc(C)c1. The molecule has 2 aromatic carbocycles. The standard InChI is InChI=1S/C22H20N2O3S/c1-15-7-5-8-16(13-15)21(25)24-19(14-17-9-6-12-28-17)22(26)23-18-10-3-4-11-20(18)27-2/h3-14H,1-2H3,(H,23,26)(H,24,25)/b19-14-. The van der Waals surface area contributed by atoms with Gasteiger partial charge in [-0.25, -0.2) is 0 Å². The van der Waals surface area contributed by atoms with Crippen molar-refractivity contribution in [2.75, 3.05) is 12.4 Å². The summed E-state index contributed by atoms with van der Waals surface area (Å²) in [6.07, 6.45) is 1.66.